The Morgan fingerprint density at radius 1 is 0.964 bits per heavy atom. The van der Waals surface area contributed by atoms with E-state index in [2.05, 4.69) is 10.3 Å². The molecule has 0 bridgehead atoms. The molecule has 1 aromatic heterocycles. The van der Waals surface area contributed by atoms with Crippen LogP contribution in [0.4, 0.5) is 26.3 Å². The van der Waals surface area contributed by atoms with Crippen LogP contribution in [0.5, 0.6) is 0 Å². The highest BCUT2D eigenvalue weighted by molar-refractivity contribution is 6.06. The van der Waals surface area contributed by atoms with Gasteiger partial charge in [0.15, 0.2) is 0 Å². The van der Waals surface area contributed by atoms with Gasteiger partial charge in [-0.2, -0.15) is 26.3 Å². The van der Waals surface area contributed by atoms with Crippen molar-refractivity contribution in [3.63, 3.8) is 0 Å². The van der Waals surface area contributed by atoms with Gasteiger partial charge in [0, 0.05) is 18.7 Å². The molecule has 2 aromatic carbocycles. The lowest BCUT2D eigenvalue weighted by atomic mass is 10.0. The fraction of sp³-hybridized carbons (Fsp3) is 0.222. The standard InChI is InChI=1S/C18H11F6N3O/c19-17(20,21)10-6-9(7-11(8-10)18(22,23)24)15-26-13-3-1-2-12-14(13)27(15)5-4-25-16(12)28/h1-3,6-8H,4-5H2,(H,25,28). The van der Waals surface area contributed by atoms with Gasteiger partial charge in [-0.25, -0.2) is 4.98 Å². The van der Waals surface area contributed by atoms with Gasteiger partial charge in [-0.05, 0) is 30.3 Å². The monoisotopic (exact) mass is 399 g/mol. The zero-order valence-corrected chi connectivity index (χ0v) is 13.9. The minimum Gasteiger partial charge on any atom is -0.350 e. The number of nitrogens with one attached hydrogen (secondary N) is 1. The van der Waals surface area contributed by atoms with Crippen LogP contribution in [0.2, 0.25) is 0 Å². The maximum atomic E-state index is 13.2. The molecular weight excluding hydrogens is 388 g/mol. The number of hydrogen-bond acceptors (Lipinski definition) is 2. The maximum absolute atomic E-state index is 13.2. The molecule has 4 rings (SSSR count). The van der Waals surface area contributed by atoms with Crippen molar-refractivity contribution in [2.24, 2.45) is 0 Å². The van der Waals surface area contributed by atoms with Gasteiger partial charge in [-0.15, -0.1) is 0 Å². The van der Waals surface area contributed by atoms with Crippen LogP contribution in [0.3, 0.4) is 0 Å². The third-order valence-electron chi connectivity index (χ3n) is 4.48. The van der Waals surface area contributed by atoms with Gasteiger partial charge in [-0.1, -0.05) is 6.07 Å². The van der Waals surface area contributed by atoms with Gasteiger partial charge in [-0.3, -0.25) is 4.79 Å². The van der Waals surface area contributed by atoms with E-state index in [4.69, 9.17) is 0 Å². The lowest BCUT2D eigenvalue weighted by molar-refractivity contribution is -0.143. The molecule has 0 spiro atoms. The summed E-state index contributed by atoms with van der Waals surface area (Å²) in [6, 6.07) is 5.98. The number of rotatable bonds is 1. The molecule has 1 amide bonds. The van der Waals surface area contributed by atoms with Crippen molar-refractivity contribution >= 4 is 16.9 Å². The Morgan fingerprint density at radius 3 is 2.21 bits per heavy atom. The number of carbonyl (C=O) groups excluding carboxylic acids is 1. The molecule has 1 aliphatic rings. The van der Waals surface area contributed by atoms with E-state index in [0.717, 1.165) is 0 Å². The average Bonchev–Trinajstić information content (AvgIpc) is 2.89. The van der Waals surface area contributed by atoms with Gasteiger partial charge in [0.25, 0.3) is 5.91 Å². The molecule has 146 valence electrons. The van der Waals surface area contributed by atoms with Crippen molar-refractivity contribution in [2.45, 2.75) is 18.9 Å². The van der Waals surface area contributed by atoms with Crippen molar-refractivity contribution < 1.29 is 31.1 Å². The summed E-state index contributed by atoms with van der Waals surface area (Å²) >= 11 is 0. The molecule has 1 N–H and O–H groups in total. The predicted octanol–water partition coefficient (Wildman–Crippen LogP) is 4.48. The fourth-order valence-electron chi connectivity index (χ4n) is 3.27. The molecule has 28 heavy (non-hydrogen) atoms. The highest BCUT2D eigenvalue weighted by Gasteiger charge is 2.37. The summed E-state index contributed by atoms with van der Waals surface area (Å²) in [5.41, 5.74) is -2.20. The van der Waals surface area contributed by atoms with Crippen LogP contribution < -0.4 is 5.32 Å². The smallest absolute Gasteiger partial charge is 0.350 e. The first kappa shape index (κ1) is 18.3. The lowest BCUT2D eigenvalue weighted by Gasteiger charge is -2.15. The summed E-state index contributed by atoms with van der Waals surface area (Å²) < 4.78 is 80.6. The topological polar surface area (TPSA) is 46.9 Å². The van der Waals surface area contributed by atoms with Crippen molar-refractivity contribution in [3.05, 3.63) is 53.1 Å². The number of alkyl halides is 6. The Kier molecular flexibility index (Phi) is 3.91. The minimum atomic E-state index is -4.95. The van der Waals surface area contributed by atoms with Gasteiger partial charge >= 0.3 is 12.4 Å². The number of para-hydroxylation sites is 1. The first-order valence-electron chi connectivity index (χ1n) is 8.13. The predicted molar refractivity (Wildman–Crippen MR) is 87.5 cm³/mol. The van der Waals surface area contributed by atoms with E-state index in [1.54, 1.807) is 12.1 Å². The molecule has 10 heteroatoms. The number of nitrogens with zero attached hydrogens (tertiary/aromatic N) is 2. The molecule has 0 atom stereocenters. The molecule has 2 heterocycles. The molecule has 0 saturated carbocycles. The molecular formula is C18H11F6N3O. The van der Waals surface area contributed by atoms with E-state index < -0.39 is 23.5 Å². The Balaban J connectivity index is 2.02. The van der Waals surface area contributed by atoms with Crippen LogP contribution in [-0.2, 0) is 18.9 Å². The van der Waals surface area contributed by atoms with E-state index in [0.29, 0.717) is 23.2 Å². The Morgan fingerprint density at radius 2 is 1.61 bits per heavy atom. The molecule has 0 saturated heterocycles. The van der Waals surface area contributed by atoms with Crippen molar-refractivity contribution in [3.8, 4) is 11.4 Å². The maximum Gasteiger partial charge on any atom is 0.416 e. The number of benzene rings is 2. The molecule has 4 nitrogen and oxygen atoms in total. The number of halogens is 6. The van der Waals surface area contributed by atoms with Gasteiger partial charge in [0.05, 0.1) is 27.7 Å². The third-order valence-corrected chi connectivity index (χ3v) is 4.48. The number of carbonyl (C=O) groups is 1. The number of hydrogen-bond donors (Lipinski definition) is 1. The van der Waals surface area contributed by atoms with E-state index >= 15 is 0 Å². The van der Waals surface area contributed by atoms with Gasteiger partial charge in [0.1, 0.15) is 5.82 Å². The minimum absolute atomic E-state index is 0.0597. The van der Waals surface area contributed by atoms with Crippen molar-refractivity contribution in [1.82, 2.24) is 14.9 Å². The van der Waals surface area contributed by atoms with Crippen LogP contribution in [0.15, 0.2) is 36.4 Å². The molecule has 1 aliphatic heterocycles. The molecule has 0 radical (unpaired) electrons. The Bertz CT molecular complexity index is 1060. The molecule has 3 aromatic rings. The summed E-state index contributed by atoms with van der Waals surface area (Å²) in [4.78, 5) is 16.4. The third kappa shape index (κ3) is 2.98. The Hall–Kier alpha value is -3.04. The van der Waals surface area contributed by atoms with E-state index in [-0.39, 0.29) is 42.0 Å². The average molecular weight is 399 g/mol. The fourth-order valence-corrected chi connectivity index (χ4v) is 3.27. The first-order valence-corrected chi connectivity index (χ1v) is 8.13. The number of amides is 1. The highest BCUT2D eigenvalue weighted by atomic mass is 19.4. The first-order chi connectivity index (χ1) is 13.1. The second kappa shape index (κ2) is 5.98. The highest BCUT2D eigenvalue weighted by Crippen LogP contribution is 2.39. The second-order valence-corrected chi connectivity index (χ2v) is 6.31. The molecule has 0 fully saturated rings. The van der Waals surface area contributed by atoms with Gasteiger partial charge in [0.2, 0.25) is 0 Å². The zero-order chi connectivity index (χ0) is 20.3. The van der Waals surface area contributed by atoms with Crippen LogP contribution in [0, 0.1) is 0 Å². The summed E-state index contributed by atoms with van der Waals surface area (Å²) in [5.74, 6) is -0.439. The van der Waals surface area contributed by atoms with E-state index in [1.807, 2.05) is 0 Å². The summed E-state index contributed by atoms with van der Waals surface area (Å²) in [6.07, 6.45) is -9.91. The normalized spacial score (nSPS) is 14.9. The summed E-state index contributed by atoms with van der Waals surface area (Å²) in [7, 11) is 0. The quantitative estimate of drug-likeness (QED) is 0.614. The van der Waals surface area contributed by atoms with Gasteiger partial charge < -0.3 is 9.88 Å². The number of aromatic nitrogens is 2. The Labute approximate surface area is 153 Å². The van der Waals surface area contributed by atoms with Crippen molar-refractivity contribution in [2.75, 3.05) is 6.54 Å². The van der Waals surface area contributed by atoms with E-state index in [1.165, 1.54) is 10.6 Å². The van der Waals surface area contributed by atoms with Crippen LogP contribution in [0.25, 0.3) is 22.4 Å². The van der Waals surface area contributed by atoms with Crippen molar-refractivity contribution in [1.29, 1.82) is 0 Å². The SMILES string of the molecule is O=C1NCCn2c(-c3cc(C(F)(F)F)cc(C(F)(F)F)c3)nc3cccc1c32. The summed E-state index contributed by atoms with van der Waals surface area (Å²) in [5, 5.41) is 2.64. The second-order valence-electron chi connectivity index (χ2n) is 6.31. The zero-order valence-electron chi connectivity index (χ0n) is 13.9. The van der Waals surface area contributed by atoms with E-state index in [9.17, 15) is 31.1 Å². The van der Waals surface area contributed by atoms with Crippen LogP contribution >= 0.6 is 0 Å². The largest absolute Gasteiger partial charge is 0.416 e. The number of imidazole rings is 1. The lowest BCUT2D eigenvalue weighted by Crippen LogP contribution is -2.24. The van der Waals surface area contributed by atoms with Crippen LogP contribution in [0.1, 0.15) is 21.5 Å². The van der Waals surface area contributed by atoms with Crippen LogP contribution in [-0.4, -0.2) is 22.0 Å². The molecule has 0 unspecified atom stereocenters. The molecule has 0 aliphatic carbocycles. The summed E-state index contributed by atoms with van der Waals surface area (Å²) in [6.45, 7) is 0.323.